The first-order chi connectivity index (χ1) is 23.7. The van der Waals surface area contributed by atoms with E-state index in [1.54, 1.807) is 0 Å². The van der Waals surface area contributed by atoms with E-state index in [1.807, 2.05) is 0 Å². The number of aromatic nitrogens is 1. The minimum absolute atomic E-state index is 1.14. The maximum Gasteiger partial charge on any atom is 0.485 e. The van der Waals surface area contributed by atoms with Crippen LogP contribution in [-0.4, -0.2) is 68.4 Å². The number of alkyl halides is 6. The molecule has 6 rings (SSSR count). The van der Waals surface area contributed by atoms with Gasteiger partial charge in [0.25, 0.3) is 0 Å². The van der Waals surface area contributed by atoms with Crippen LogP contribution >= 0.6 is 0 Å². The van der Waals surface area contributed by atoms with Gasteiger partial charge < -0.3 is 14.0 Å². The summed E-state index contributed by atoms with van der Waals surface area (Å²) < 4.78 is 123. The molecule has 3 aromatic rings. The van der Waals surface area contributed by atoms with E-state index in [4.69, 9.17) is 25.9 Å². The van der Waals surface area contributed by atoms with Gasteiger partial charge in [0.1, 0.15) is 12.8 Å². The maximum absolute atomic E-state index is 10.7. The number of pyridine rings is 1. The number of halogens is 6. The van der Waals surface area contributed by atoms with Crippen LogP contribution in [0.4, 0.5) is 32.0 Å². The fourth-order valence-corrected chi connectivity index (χ4v) is 5.63. The molecule has 0 radical (unpaired) electrons. The van der Waals surface area contributed by atoms with Crippen LogP contribution in [0.25, 0.3) is 17.8 Å². The number of nitrogens with zero attached hydrogens (tertiary/aromatic N) is 3. The molecule has 3 aliphatic rings. The standard InChI is InChI=1S/C32H33N3.2CHF3O3S/c1-33(2)28-17-13-24(14-18-28)11-12-25-22-27-16-15-26-8-7-21-34-19-5-3-9-29(34)31(26)32(27)30-10-4-6-20-35(30)23-25;2*2-1(3,4)8(5,6)7/h4,6,10-20,22-23H,3,5,7-9,21H2,1-2H3;2*(H,5,6,7)/q+2;;/p-2. The van der Waals surface area contributed by atoms with Gasteiger partial charge in [0.15, 0.2) is 38.3 Å². The van der Waals surface area contributed by atoms with Gasteiger partial charge in [-0.25, -0.2) is 21.4 Å². The van der Waals surface area contributed by atoms with E-state index in [1.165, 1.54) is 68.7 Å². The van der Waals surface area contributed by atoms with Crippen molar-refractivity contribution in [2.45, 2.75) is 43.1 Å². The van der Waals surface area contributed by atoms with Crippen LogP contribution in [0.3, 0.4) is 0 Å². The summed E-state index contributed by atoms with van der Waals surface area (Å²) in [4.78, 5) is 2.13. The van der Waals surface area contributed by atoms with E-state index in [0.717, 1.165) is 19.4 Å². The van der Waals surface area contributed by atoms with Crippen molar-refractivity contribution in [1.29, 1.82) is 0 Å². The smallest absolute Gasteiger partial charge is 0.485 e. The summed E-state index contributed by atoms with van der Waals surface area (Å²) in [5, 5.41) is 4.13. The van der Waals surface area contributed by atoms with E-state index < -0.39 is 31.3 Å². The molecule has 0 bridgehead atoms. The molecule has 0 fully saturated rings. The number of aryl methyl sites for hydroxylation is 1. The van der Waals surface area contributed by atoms with Crippen molar-refractivity contribution >= 4 is 50.0 Å². The highest BCUT2D eigenvalue weighted by Crippen LogP contribution is 2.23. The highest BCUT2D eigenvalue weighted by Gasteiger charge is 2.37. The topological polar surface area (TPSA) is 127 Å². The molecule has 0 unspecified atom stereocenters. The van der Waals surface area contributed by atoms with E-state index in [0.29, 0.717) is 0 Å². The molecule has 4 heterocycles. The number of benzene rings is 2. The number of hydrogen-bond acceptors (Lipinski definition) is 7. The molecule has 0 N–H and O–H groups in total. The number of fused-ring (bicyclic) bond motifs is 5. The average molecular weight is 758 g/mol. The highest BCUT2D eigenvalue weighted by atomic mass is 32.2. The first kappa shape index (κ1) is 39.5. The van der Waals surface area contributed by atoms with Crippen molar-refractivity contribution in [2.75, 3.05) is 25.5 Å². The van der Waals surface area contributed by atoms with Gasteiger partial charge in [0, 0.05) is 56.8 Å². The first-order valence-corrected chi connectivity index (χ1v) is 18.2. The Kier molecular flexibility index (Phi) is 12.0. The molecule has 0 saturated carbocycles. The van der Waals surface area contributed by atoms with Crippen LogP contribution in [0, 0.1) is 16.8 Å². The molecule has 3 aliphatic heterocycles. The molecule has 0 amide bonds. The van der Waals surface area contributed by atoms with Crippen LogP contribution in [0.2, 0.25) is 0 Å². The molecular formula is C34H33F6N3O6S2. The van der Waals surface area contributed by atoms with E-state index in [2.05, 4.69) is 119 Å². The predicted molar refractivity (Wildman–Crippen MR) is 176 cm³/mol. The zero-order valence-electron chi connectivity index (χ0n) is 27.3. The van der Waals surface area contributed by atoms with Gasteiger partial charge in [-0.2, -0.15) is 30.6 Å². The molecule has 0 spiro atoms. The van der Waals surface area contributed by atoms with Crippen molar-refractivity contribution in [1.82, 2.24) is 0 Å². The third kappa shape index (κ3) is 9.93. The Bertz CT molecular complexity index is 2280. The molecule has 0 saturated heterocycles. The lowest BCUT2D eigenvalue weighted by Gasteiger charge is -2.11. The summed E-state index contributed by atoms with van der Waals surface area (Å²) in [6, 6.07) is 20.0. The Morgan fingerprint density at radius 2 is 1.41 bits per heavy atom. The first-order valence-electron chi connectivity index (χ1n) is 15.4. The summed E-state index contributed by atoms with van der Waals surface area (Å²) >= 11 is 0. The Hall–Kier alpha value is -4.32. The summed E-state index contributed by atoms with van der Waals surface area (Å²) in [5.74, 6) is 0. The summed E-state index contributed by atoms with van der Waals surface area (Å²) in [6.45, 7) is 1.14. The second-order valence-electron chi connectivity index (χ2n) is 11.8. The number of hydrogen-bond donors (Lipinski definition) is 0. The van der Waals surface area contributed by atoms with Crippen molar-refractivity contribution in [3.8, 4) is 0 Å². The number of anilines is 1. The van der Waals surface area contributed by atoms with Crippen LogP contribution in [0.1, 0.15) is 42.4 Å². The molecule has 17 heteroatoms. The molecule has 9 nitrogen and oxygen atoms in total. The number of rotatable bonds is 3. The molecule has 274 valence electrons. The highest BCUT2D eigenvalue weighted by molar-refractivity contribution is 7.86. The van der Waals surface area contributed by atoms with E-state index in [9.17, 15) is 26.3 Å². The van der Waals surface area contributed by atoms with E-state index in [-0.39, 0.29) is 0 Å². The van der Waals surface area contributed by atoms with Gasteiger partial charge in [-0.1, -0.05) is 30.3 Å². The second-order valence-corrected chi connectivity index (χ2v) is 14.5. The molecule has 51 heavy (non-hydrogen) atoms. The lowest BCUT2D eigenvalue weighted by atomic mass is 9.97. The zero-order chi connectivity index (χ0) is 37.8. The van der Waals surface area contributed by atoms with Crippen molar-refractivity contribution < 1.29 is 61.1 Å². The van der Waals surface area contributed by atoms with Crippen LogP contribution < -0.4 is 14.4 Å². The largest absolute Gasteiger partial charge is 0.741 e. The molecule has 1 aromatic heterocycles. The molecule has 0 atom stereocenters. The predicted octanol–water partition coefficient (Wildman–Crippen LogP) is 4.87. The average Bonchev–Trinajstić information content (AvgIpc) is 3.32. The van der Waals surface area contributed by atoms with Crippen molar-refractivity contribution in [3.05, 3.63) is 111 Å². The van der Waals surface area contributed by atoms with Crippen molar-refractivity contribution in [2.24, 2.45) is 0 Å². The lowest BCUT2D eigenvalue weighted by molar-refractivity contribution is -0.519. The van der Waals surface area contributed by atoms with Gasteiger partial charge in [-0.05, 0) is 59.9 Å². The minimum Gasteiger partial charge on any atom is -0.741 e. The summed E-state index contributed by atoms with van der Waals surface area (Å²) in [7, 11) is -8.03. The molecular weight excluding hydrogens is 725 g/mol. The third-order valence-electron chi connectivity index (χ3n) is 7.97. The van der Waals surface area contributed by atoms with Gasteiger partial charge in [-0.15, -0.1) is 0 Å². The van der Waals surface area contributed by atoms with Crippen molar-refractivity contribution in [3.63, 3.8) is 0 Å². The van der Waals surface area contributed by atoms with Crippen LogP contribution in [0.15, 0.2) is 72.4 Å². The van der Waals surface area contributed by atoms with Gasteiger partial charge in [-0.3, -0.25) is 0 Å². The zero-order valence-corrected chi connectivity index (χ0v) is 28.9. The fourth-order valence-electron chi connectivity index (χ4n) is 5.63. The SMILES string of the molecule is CN(C)c1ccc(C=CC2=Cc3ccc4c(c3=c3cccc[n+]3=C2)=C2CCCC=[N+]2CCC4)cc1.O=S(=O)([O-])C(F)(F)F.O=S(=O)([O-])C(F)(F)F. The number of allylic oxidation sites excluding steroid dienone is 2. The normalized spacial score (nSPS) is 15.8. The van der Waals surface area contributed by atoms with Gasteiger partial charge in [0.05, 0.1) is 10.4 Å². The van der Waals surface area contributed by atoms with Gasteiger partial charge in [0.2, 0.25) is 5.35 Å². The fraction of sp³-hybridized carbons (Fsp3) is 0.294. The Morgan fingerprint density at radius 1 is 0.784 bits per heavy atom. The quantitative estimate of drug-likeness (QED) is 0.162. The second kappa shape index (κ2) is 15.5. The Labute approximate surface area is 290 Å². The monoisotopic (exact) mass is 757 g/mol. The summed E-state index contributed by atoms with van der Waals surface area (Å²) in [6.07, 6.45) is 19.6. The van der Waals surface area contributed by atoms with Crippen LogP contribution in [-0.2, 0) is 26.7 Å². The molecule has 2 aromatic carbocycles. The molecule has 0 aliphatic carbocycles. The lowest BCUT2D eigenvalue weighted by Crippen LogP contribution is -2.26. The third-order valence-corrected chi connectivity index (χ3v) is 9.11. The van der Waals surface area contributed by atoms with Crippen LogP contribution in [0.5, 0.6) is 0 Å². The van der Waals surface area contributed by atoms with E-state index >= 15 is 0 Å². The Balaban J connectivity index is 0.000000305. The Morgan fingerprint density at radius 3 is 2.00 bits per heavy atom. The summed E-state index contributed by atoms with van der Waals surface area (Å²) in [5.41, 5.74) is -3.35. The van der Waals surface area contributed by atoms with Gasteiger partial charge >= 0.3 is 11.0 Å². The maximum atomic E-state index is 10.7. The minimum atomic E-state index is -6.09.